The molecule has 0 aromatic carbocycles. The fourth-order valence-corrected chi connectivity index (χ4v) is 2.77. The van der Waals surface area contributed by atoms with Crippen LogP contribution < -0.4 is 10.6 Å². The van der Waals surface area contributed by atoms with Gasteiger partial charge in [0.25, 0.3) is 0 Å². The zero-order chi connectivity index (χ0) is 14.7. The maximum absolute atomic E-state index is 12.3. The zero-order valence-electron chi connectivity index (χ0n) is 11.6. The summed E-state index contributed by atoms with van der Waals surface area (Å²) in [7, 11) is 0. The van der Waals surface area contributed by atoms with Crippen LogP contribution in [0.2, 0.25) is 0 Å². The average Bonchev–Trinajstić information content (AvgIpc) is 3.08. The maximum Gasteiger partial charge on any atom is 0.325 e. The fraction of sp³-hybridized carbons (Fsp3) is 0.769. The largest absolute Gasteiger partial charge is 0.480 e. The summed E-state index contributed by atoms with van der Waals surface area (Å²) in [6.45, 7) is 2.81. The molecule has 20 heavy (non-hydrogen) atoms. The molecule has 0 aromatic heterocycles. The summed E-state index contributed by atoms with van der Waals surface area (Å²) in [5.41, 5.74) is 0. The van der Waals surface area contributed by atoms with Crippen LogP contribution in [0.25, 0.3) is 0 Å². The summed E-state index contributed by atoms with van der Waals surface area (Å²) >= 11 is 0. The van der Waals surface area contributed by atoms with Crippen molar-refractivity contribution < 1.29 is 19.5 Å². The van der Waals surface area contributed by atoms with Crippen molar-refractivity contribution in [2.45, 2.75) is 50.7 Å². The van der Waals surface area contributed by atoms with Crippen LogP contribution in [-0.4, -0.2) is 59.0 Å². The van der Waals surface area contributed by atoms with Gasteiger partial charge in [-0.15, -0.1) is 0 Å². The molecule has 2 aliphatic rings. The van der Waals surface area contributed by atoms with E-state index in [0.29, 0.717) is 13.0 Å². The van der Waals surface area contributed by atoms with Gasteiger partial charge in [0, 0.05) is 6.54 Å². The highest BCUT2D eigenvalue weighted by Gasteiger charge is 2.38. The molecule has 2 saturated heterocycles. The molecule has 3 N–H and O–H groups in total. The Hall–Kier alpha value is -1.63. The molecule has 2 heterocycles. The van der Waals surface area contributed by atoms with Crippen LogP contribution in [0, 0.1) is 0 Å². The SMILES string of the molecule is C[C@@H](NC(=O)[C@@H]1CCCN1C(=O)[C@H]1CCCN1)C(=O)O. The first-order valence-electron chi connectivity index (χ1n) is 7.07. The maximum atomic E-state index is 12.3. The van der Waals surface area contributed by atoms with Gasteiger partial charge in [0.05, 0.1) is 6.04 Å². The third kappa shape index (κ3) is 3.09. The molecule has 0 radical (unpaired) electrons. The van der Waals surface area contributed by atoms with E-state index in [0.717, 1.165) is 25.8 Å². The van der Waals surface area contributed by atoms with E-state index < -0.39 is 18.1 Å². The summed E-state index contributed by atoms with van der Waals surface area (Å²) in [5.74, 6) is -1.49. The summed E-state index contributed by atoms with van der Waals surface area (Å²) in [6, 6.07) is -1.67. The number of nitrogens with one attached hydrogen (secondary N) is 2. The number of amides is 2. The molecule has 2 amide bonds. The van der Waals surface area contributed by atoms with Gasteiger partial charge in [0.15, 0.2) is 0 Å². The smallest absolute Gasteiger partial charge is 0.325 e. The van der Waals surface area contributed by atoms with Gasteiger partial charge < -0.3 is 20.6 Å². The summed E-state index contributed by atoms with van der Waals surface area (Å²) in [6.07, 6.45) is 3.14. The molecule has 0 spiro atoms. The van der Waals surface area contributed by atoms with Gasteiger partial charge in [-0.2, -0.15) is 0 Å². The molecule has 0 unspecified atom stereocenters. The lowest BCUT2D eigenvalue weighted by molar-refractivity contribution is -0.143. The molecule has 2 fully saturated rings. The lowest BCUT2D eigenvalue weighted by Gasteiger charge is -2.27. The van der Waals surface area contributed by atoms with Gasteiger partial charge in [0.1, 0.15) is 12.1 Å². The van der Waals surface area contributed by atoms with Crippen molar-refractivity contribution in [3.05, 3.63) is 0 Å². The highest BCUT2D eigenvalue weighted by atomic mass is 16.4. The molecule has 7 heteroatoms. The number of carbonyl (C=O) groups is 3. The fourth-order valence-electron chi connectivity index (χ4n) is 2.77. The number of carboxylic acid groups (broad SMARTS) is 1. The van der Waals surface area contributed by atoms with Gasteiger partial charge >= 0.3 is 5.97 Å². The average molecular weight is 283 g/mol. The number of likely N-dealkylation sites (tertiary alicyclic amines) is 1. The summed E-state index contributed by atoms with van der Waals surface area (Å²) in [4.78, 5) is 36.8. The molecule has 3 atom stereocenters. The van der Waals surface area contributed by atoms with E-state index in [1.807, 2.05) is 0 Å². The van der Waals surface area contributed by atoms with Crippen LogP contribution in [0.1, 0.15) is 32.6 Å². The van der Waals surface area contributed by atoms with Crippen molar-refractivity contribution in [3.63, 3.8) is 0 Å². The minimum atomic E-state index is -1.08. The molecule has 7 nitrogen and oxygen atoms in total. The Morgan fingerprint density at radius 3 is 2.65 bits per heavy atom. The third-order valence-corrected chi connectivity index (χ3v) is 3.93. The highest BCUT2D eigenvalue weighted by Crippen LogP contribution is 2.20. The molecular formula is C13H21N3O4. The lowest BCUT2D eigenvalue weighted by Crippen LogP contribution is -2.53. The summed E-state index contributed by atoms with van der Waals surface area (Å²) < 4.78 is 0. The predicted octanol–water partition coefficient (Wildman–Crippen LogP) is -0.681. The van der Waals surface area contributed by atoms with Gasteiger partial charge in [0.2, 0.25) is 11.8 Å². The second-order valence-electron chi connectivity index (χ2n) is 5.41. The van der Waals surface area contributed by atoms with E-state index in [1.54, 1.807) is 4.90 Å². The van der Waals surface area contributed by atoms with Crippen LogP contribution in [0.4, 0.5) is 0 Å². The van der Waals surface area contributed by atoms with Crippen LogP contribution >= 0.6 is 0 Å². The van der Waals surface area contributed by atoms with Crippen molar-refractivity contribution >= 4 is 17.8 Å². The molecule has 0 aliphatic carbocycles. The topological polar surface area (TPSA) is 98.7 Å². The normalized spacial score (nSPS) is 27.4. The first-order valence-corrected chi connectivity index (χ1v) is 7.07. The molecule has 2 aliphatic heterocycles. The van der Waals surface area contributed by atoms with Crippen LogP contribution in [0.3, 0.4) is 0 Å². The van der Waals surface area contributed by atoms with Crippen LogP contribution in [0.5, 0.6) is 0 Å². The van der Waals surface area contributed by atoms with Gasteiger partial charge in [-0.3, -0.25) is 14.4 Å². The monoisotopic (exact) mass is 283 g/mol. The van der Waals surface area contributed by atoms with E-state index in [2.05, 4.69) is 10.6 Å². The first kappa shape index (κ1) is 14.8. The molecule has 0 aromatic rings. The quantitative estimate of drug-likeness (QED) is 0.635. The number of nitrogens with zero attached hydrogens (tertiary/aromatic N) is 1. The van der Waals surface area contributed by atoms with Gasteiger partial charge in [-0.1, -0.05) is 0 Å². The highest BCUT2D eigenvalue weighted by molar-refractivity contribution is 5.92. The van der Waals surface area contributed by atoms with E-state index in [1.165, 1.54) is 6.92 Å². The Bertz CT molecular complexity index is 406. The van der Waals surface area contributed by atoms with Gasteiger partial charge in [-0.05, 0) is 39.2 Å². The number of rotatable bonds is 4. The zero-order valence-corrected chi connectivity index (χ0v) is 11.6. The second-order valence-corrected chi connectivity index (χ2v) is 5.41. The Labute approximate surface area is 117 Å². The van der Waals surface area contributed by atoms with E-state index in [-0.39, 0.29) is 17.9 Å². The number of carbonyl (C=O) groups excluding carboxylic acids is 2. The van der Waals surface area contributed by atoms with Crippen molar-refractivity contribution in [3.8, 4) is 0 Å². The van der Waals surface area contributed by atoms with Crippen LogP contribution in [-0.2, 0) is 14.4 Å². The first-order chi connectivity index (χ1) is 9.50. The Morgan fingerprint density at radius 1 is 1.30 bits per heavy atom. The molecular weight excluding hydrogens is 262 g/mol. The predicted molar refractivity (Wildman–Crippen MR) is 71.0 cm³/mol. The number of hydrogen-bond donors (Lipinski definition) is 3. The van der Waals surface area contributed by atoms with E-state index in [4.69, 9.17) is 5.11 Å². The van der Waals surface area contributed by atoms with E-state index in [9.17, 15) is 14.4 Å². The Morgan fingerprint density at radius 2 is 2.05 bits per heavy atom. The minimum absolute atomic E-state index is 0.0388. The number of aliphatic carboxylic acids is 1. The number of hydrogen-bond acceptors (Lipinski definition) is 4. The second kappa shape index (κ2) is 6.21. The lowest BCUT2D eigenvalue weighted by atomic mass is 10.1. The Kier molecular flexibility index (Phi) is 4.59. The Balaban J connectivity index is 1.97. The van der Waals surface area contributed by atoms with Crippen molar-refractivity contribution in [1.29, 1.82) is 0 Å². The van der Waals surface area contributed by atoms with Crippen LogP contribution in [0.15, 0.2) is 0 Å². The molecule has 112 valence electrons. The standard InChI is InChI=1S/C13H21N3O4/c1-8(13(19)20)15-11(17)10-5-3-7-16(10)12(18)9-4-2-6-14-9/h8-10,14H,2-7H2,1H3,(H,15,17)(H,19,20)/t8-,9-,10+/m1/s1. The van der Waals surface area contributed by atoms with Crippen molar-refractivity contribution in [1.82, 2.24) is 15.5 Å². The van der Waals surface area contributed by atoms with E-state index >= 15 is 0 Å². The summed E-state index contributed by atoms with van der Waals surface area (Å²) in [5, 5.41) is 14.4. The molecule has 0 bridgehead atoms. The van der Waals surface area contributed by atoms with Crippen molar-refractivity contribution in [2.75, 3.05) is 13.1 Å². The molecule has 2 rings (SSSR count). The number of carboxylic acids is 1. The van der Waals surface area contributed by atoms with Crippen molar-refractivity contribution in [2.24, 2.45) is 0 Å². The minimum Gasteiger partial charge on any atom is -0.480 e. The van der Waals surface area contributed by atoms with Gasteiger partial charge in [-0.25, -0.2) is 0 Å². The molecule has 0 saturated carbocycles. The third-order valence-electron chi connectivity index (χ3n) is 3.93.